The van der Waals surface area contributed by atoms with E-state index in [0.29, 0.717) is 17.7 Å². The summed E-state index contributed by atoms with van der Waals surface area (Å²) in [6.45, 7) is 3.37. The average Bonchev–Trinajstić information content (AvgIpc) is 2.68. The predicted octanol–water partition coefficient (Wildman–Crippen LogP) is 3.66. The Kier molecular flexibility index (Phi) is 7.72. The summed E-state index contributed by atoms with van der Waals surface area (Å²) < 4.78 is 38.9. The summed E-state index contributed by atoms with van der Waals surface area (Å²) in [6, 6.07) is 10.0. The van der Waals surface area contributed by atoms with Crippen LogP contribution in [0.25, 0.3) is 0 Å². The molecule has 0 spiro atoms. The molecule has 0 aliphatic rings. The number of halogens is 1. The number of amides is 2. The van der Waals surface area contributed by atoms with E-state index in [4.69, 9.17) is 0 Å². The number of carbonyl (C=O) groups is 2. The molecular weight excluding hydrogens is 407 g/mol. The summed E-state index contributed by atoms with van der Waals surface area (Å²) in [4.78, 5) is 25.7. The molecular formula is C22H27FN2O4S. The SMILES string of the molecule is Cc1cc(NC(=O)c2cccc(S(=O)(=O)CC(C)CCC(=O)N(C)C)c2)ccc1F. The zero-order valence-corrected chi connectivity index (χ0v) is 18.4. The fraction of sp³-hybridized carbons (Fsp3) is 0.364. The first-order chi connectivity index (χ1) is 14.0. The van der Waals surface area contributed by atoms with Crippen molar-refractivity contribution in [3.63, 3.8) is 0 Å². The van der Waals surface area contributed by atoms with Crippen molar-refractivity contribution in [2.24, 2.45) is 5.92 Å². The Morgan fingerprint density at radius 1 is 1.13 bits per heavy atom. The van der Waals surface area contributed by atoms with E-state index in [0.717, 1.165) is 0 Å². The van der Waals surface area contributed by atoms with E-state index in [2.05, 4.69) is 5.32 Å². The molecule has 1 atom stereocenters. The Hall–Kier alpha value is -2.74. The van der Waals surface area contributed by atoms with E-state index in [-0.39, 0.29) is 40.3 Å². The Morgan fingerprint density at radius 3 is 2.47 bits per heavy atom. The average molecular weight is 435 g/mol. The molecule has 2 rings (SSSR count). The van der Waals surface area contributed by atoms with Crippen LogP contribution in [-0.2, 0) is 14.6 Å². The van der Waals surface area contributed by atoms with Crippen LogP contribution in [0.5, 0.6) is 0 Å². The van der Waals surface area contributed by atoms with Gasteiger partial charge in [0.2, 0.25) is 5.91 Å². The summed E-state index contributed by atoms with van der Waals surface area (Å²) in [5.41, 5.74) is 1.01. The van der Waals surface area contributed by atoms with Crippen molar-refractivity contribution in [3.05, 3.63) is 59.4 Å². The Balaban J connectivity index is 2.09. The number of nitrogens with one attached hydrogen (secondary N) is 1. The van der Waals surface area contributed by atoms with Gasteiger partial charge in [0.15, 0.2) is 9.84 Å². The summed E-state index contributed by atoms with van der Waals surface area (Å²) in [5.74, 6) is -1.23. The van der Waals surface area contributed by atoms with Gasteiger partial charge in [-0.1, -0.05) is 13.0 Å². The third kappa shape index (κ3) is 6.38. The van der Waals surface area contributed by atoms with Crippen molar-refractivity contribution >= 4 is 27.3 Å². The maximum atomic E-state index is 13.4. The molecule has 0 bridgehead atoms. The zero-order chi connectivity index (χ0) is 22.5. The van der Waals surface area contributed by atoms with E-state index in [1.807, 2.05) is 0 Å². The molecule has 30 heavy (non-hydrogen) atoms. The van der Waals surface area contributed by atoms with Gasteiger partial charge in [0.25, 0.3) is 5.91 Å². The van der Waals surface area contributed by atoms with Gasteiger partial charge < -0.3 is 10.2 Å². The monoisotopic (exact) mass is 434 g/mol. The molecule has 2 aromatic rings. The van der Waals surface area contributed by atoms with Gasteiger partial charge in [0.05, 0.1) is 10.6 Å². The summed E-state index contributed by atoms with van der Waals surface area (Å²) in [5, 5.41) is 2.65. The van der Waals surface area contributed by atoms with Crippen molar-refractivity contribution in [2.75, 3.05) is 25.2 Å². The Morgan fingerprint density at radius 2 is 1.83 bits per heavy atom. The standard InChI is InChI=1S/C22H27FN2O4S/c1-15(8-11-21(26)25(3)4)14-30(28,29)19-7-5-6-17(13-19)22(27)24-18-9-10-20(23)16(2)12-18/h5-7,9-10,12-13,15H,8,11,14H2,1-4H3,(H,24,27). The highest BCUT2D eigenvalue weighted by molar-refractivity contribution is 7.91. The lowest BCUT2D eigenvalue weighted by atomic mass is 10.1. The van der Waals surface area contributed by atoms with Gasteiger partial charge in [-0.3, -0.25) is 9.59 Å². The minimum absolute atomic E-state index is 0.0473. The maximum absolute atomic E-state index is 13.4. The van der Waals surface area contributed by atoms with Crippen molar-refractivity contribution in [1.82, 2.24) is 4.90 Å². The van der Waals surface area contributed by atoms with Gasteiger partial charge >= 0.3 is 0 Å². The summed E-state index contributed by atoms with van der Waals surface area (Å²) in [6.07, 6.45) is 0.740. The summed E-state index contributed by atoms with van der Waals surface area (Å²) >= 11 is 0. The van der Waals surface area contributed by atoms with E-state index >= 15 is 0 Å². The molecule has 2 amide bonds. The normalized spacial score (nSPS) is 12.3. The minimum Gasteiger partial charge on any atom is -0.349 e. The van der Waals surface area contributed by atoms with Crippen LogP contribution in [0.15, 0.2) is 47.4 Å². The fourth-order valence-corrected chi connectivity index (χ4v) is 4.60. The zero-order valence-electron chi connectivity index (χ0n) is 17.6. The van der Waals surface area contributed by atoms with Gasteiger partial charge in [0.1, 0.15) is 5.82 Å². The van der Waals surface area contributed by atoms with Crippen molar-refractivity contribution < 1.29 is 22.4 Å². The van der Waals surface area contributed by atoms with Crippen LogP contribution in [0.3, 0.4) is 0 Å². The molecule has 0 aliphatic heterocycles. The highest BCUT2D eigenvalue weighted by atomic mass is 32.2. The lowest BCUT2D eigenvalue weighted by Crippen LogP contribution is -2.23. The van der Waals surface area contributed by atoms with E-state index in [1.54, 1.807) is 27.9 Å². The Labute approximate surface area is 177 Å². The number of hydrogen-bond donors (Lipinski definition) is 1. The highest BCUT2D eigenvalue weighted by Gasteiger charge is 2.21. The lowest BCUT2D eigenvalue weighted by Gasteiger charge is -2.15. The first-order valence-corrected chi connectivity index (χ1v) is 11.3. The second-order valence-electron chi connectivity index (χ2n) is 7.66. The van der Waals surface area contributed by atoms with Crippen molar-refractivity contribution in [2.45, 2.75) is 31.6 Å². The maximum Gasteiger partial charge on any atom is 0.255 e. The molecule has 0 aromatic heterocycles. The molecule has 0 fully saturated rings. The Bertz CT molecular complexity index is 1040. The molecule has 0 saturated heterocycles. The third-order valence-electron chi connectivity index (χ3n) is 4.72. The van der Waals surface area contributed by atoms with Crippen LogP contribution in [0.4, 0.5) is 10.1 Å². The highest BCUT2D eigenvalue weighted by Crippen LogP contribution is 2.20. The molecule has 1 unspecified atom stereocenters. The summed E-state index contributed by atoms with van der Waals surface area (Å²) in [7, 11) is -0.303. The minimum atomic E-state index is -3.62. The number of hydrogen-bond acceptors (Lipinski definition) is 4. The molecule has 1 N–H and O–H groups in total. The first kappa shape index (κ1) is 23.5. The van der Waals surface area contributed by atoms with Gasteiger partial charge in [-0.25, -0.2) is 12.8 Å². The fourth-order valence-electron chi connectivity index (χ4n) is 2.90. The molecule has 162 valence electrons. The van der Waals surface area contributed by atoms with E-state index in [1.165, 1.54) is 47.4 Å². The molecule has 0 radical (unpaired) electrons. The van der Waals surface area contributed by atoms with Crippen LogP contribution in [0.2, 0.25) is 0 Å². The molecule has 0 aliphatic carbocycles. The van der Waals surface area contributed by atoms with Crippen LogP contribution < -0.4 is 5.32 Å². The lowest BCUT2D eigenvalue weighted by molar-refractivity contribution is -0.128. The number of carbonyl (C=O) groups excluding carboxylic acids is 2. The third-order valence-corrected chi connectivity index (χ3v) is 6.70. The van der Waals surface area contributed by atoms with Gasteiger partial charge in [-0.05, 0) is 61.2 Å². The van der Waals surface area contributed by atoms with Crippen LogP contribution in [0, 0.1) is 18.7 Å². The van der Waals surface area contributed by atoms with Crippen molar-refractivity contribution in [1.29, 1.82) is 0 Å². The number of benzene rings is 2. The predicted molar refractivity (Wildman–Crippen MR) is 115 cm³/mol. The topological polar surface area (TPSA) is 83.5 Å². The number of anilines is 1. The number of rotatable bonds is 8. The van der Waals surface area contributed by atoms with Crippen LogP contribution in [0.1, 0.15) is 35.7 Å². The van der Waals surface area contributed by atoms with Crippen molar-refractivity contribution in [3.8, 4) is 0 Å². The largest absolute Gasteiger partial charge is 0.349 e. The number of sulfone groups is 1. The smallest absolute Gasteiger partial charge is 0.255 e. The second kappa shape index (κ2) is 9.84. The van der Waals surface area contributed by atoms with Gasteiger partial charge in [-0.15, -0.1) is 0 Å². The van der Waals surface area contributed by atoms with Crippen LogP contribution >= 0.6 is 0 Å². The molecule has 0 saturated carbocycles. The first-order valence-electron chi connectivity index (χ1n) is 9.60. The van der Waals surface area contributed by atoms with E-state index < -0.39 is 15.7 Å². The molecule has 8 heteroatoms. The molecule has 6 nitrogen and oxygen atoms in total. The molecule has 2 aromatic carbocycles. The van der Waals surface area contributed by atoms with Gasteiger partial charge in [0, 0.05) is 31.8 Å². The number of nitrogens with zero attached hydrogens (tertiary/aromatic N) is 1. The van der Waals surface area contributed by atoms with E-state index in [9.17, 15) is 22.4 Å². The molecule has 0 heterocycles. The quantitative estimate of drug-likeness (QED) is 0.687. The van der Waals surface area contributed by atoms with Crippen LogP contribution in [-0.4, -0.2) is 45.0 Å². The van der Waals surface area contributed by atoms with Gasteiger partial charge in [-0.2, -0.15) is 0 Å². The number of aryl methyl sites for hydroxylation is 1. The second-order valence-corrected chi connectivity index (χ2v) is 9.69.